The second-order valence-corrected chi connectivity index (χ2v) is 5.56. The van der Waals surface area contributed by atoms with Gasteiger partial charge in [0.15, 0.2) is 0 Å². The molecule has 0 radical (unpaired) electrons. The van der Waals surface area contributed by atoms with Crippen molar-refractivity contribution in [1.29, 1.82) is 0 Å². The van der Waals surface area contributed by atoms with Crippen molar-refractivity contribution in [3.8, 4) is 5.75 Å². The molecule has 1 fully saturated rings. The fraction of sp³-hybridized carbons (Fsp3) is 0.533. The molecule has 1 aliphatic rings. The third-order valence-electron chi connectivity index (χ3n) is 3.75. The van der Waals surface area contributed by atoms with E-state index in [-0.39, 0.29) is 11.9 Å². The molecule has 1 saturated heterocycles. The molecule has 1 amide bonds. The Bertz CT molecular complexity index is 450. The van der Waals surface area contributed by atoms with E-state index in [4.69, 9.17) is 16.3 Å². The number of hydrogen-bond acceptors (Lipinski definition) is 3. The normalized spacial score (nSPS) is 22.6. The molecule has 1 N–H and O–H groups in total. The smallest absolute Gasteiger partial charge is 0.226 e. The molecule has 0 aromatic heterocycles. The highest BCUT2D eigenvalue weighted by molar-refractivity contribution is 6.30. The van der Waals surface area contributed by atoms with Crippen molar-refractivity contribution in [3.63, 3.8) is 0 Å². The summed E-state index contributed by atoms with van der Waals surface area (Å²) in [7, 11) is 0. The van der Waals surface area contributed by atoms with Crippen LogP contribution >= 0.6 is 11.6 Å². The monoisotopic (exact) mass is 296 g/mol. The van der Waals surface area contributed by atoms with Crippen LogP contribution in [0.1, 0.15) is 20.3 Å². The maximum atomic E-state index is 12.2. The van der Waals surface area contributed by atoms with Crippen LogP contribution in [0.3, 0.4) is 0 Å². The Morgan fingerprint density at radius 3 is 2.80 bits per heavy atom. The molecule has 0 bridgehead atoms. The van der Waals surface area contributed by atoms with Crippen molar-refractivity contribution >= 4 is 17.5 Å². The highest BCUT2D eigenvalue weighted by Crippen LogP contribution is 2.16. The molecule has 1 aliphatic heterocycles. The van der Waals surface area contributed by atoms with Gasteiger partial charge in [-0.3, -0.25) is 4.79 Å². The zero-order valence-electron chi connectivity index (χ0n) is 11.9. The Hall–Kier alpha value is -1.26. The van der Waals surface area contributed by atoms with Gasteiger partial charge in [-0.25, -0.2) is 0 Å². The Balaban J connectivity index is 1.78. The average molecular weight is 297 g/mol. The molecule has 5 heteroatoms. The van der Waals surface area contributed by atoms with Gasteiger partial charge < -0.3 is 15.0 Å². The minimum Gasteiger partial charge on any atom is -0.493 e. The van der Waals surface area contributed by atoms with Crippen molar-refractivity contribution in [2.45, 2.75) is 32.4 Å². The minimum atomic E-state index is 0.153. The van der Waals surface area contributed by atoms with E-state index in [0.717, 1.165) is 18.8 Å². The molecular weight excluding hydrogens is 276 g/mol. The number of amides is 1. The van der Waals surface area contributed by atoms with Crippen molar-refractivity contribution < 1.29 is 9.53 Å². The lowest BCUT2D eigenvalue weighted by molar-refractivity contribution is -0.135. The molecule has 1 heterocycles. The van der Waals surface area contributed by atoms with Crippen molar-refractivity contribution in [1.82, 2.24) is 10.2 Å². The van der Waals surface area contributed by atoms with E-state index >= 15 is 0 Å². The van der Waals surface area contributed by atoms with E-state index in [1.165, 1.54) is 0 Å². The van der Waals surface area contributed by atoms with Gasteiger partial charge in [0.25, 0.3) is 0 Å². The second kappa shape index (κ2) is 6.95. The number of carbonyl (C=O) groups is 1. The van der Waals surface area contributed by atoms with Crippen molar-refractivity contribution in [2.24, 2.45) is 0 Å². The van der Waals surface area contributed by atoms with Gasteiger partial charge in [-0.05, 0) is 38.1 Å². The van der Waals surface area contributed by atoms with Gasteiger partial charge in [0, 0.05) is 30.2 Å². The molecule has 1 aromatic carbocycles. The number of halogens is 1. The Labute approximate surface area is 125 Å². The van der Waals surface area contributed by atoms with Crippen molar-refractivity contribution in [3.05, 3.63) is 29.3 Å². The van der Waals surface area contributed by atoms with Gasteiger partial charge in [0.1, 0.15) is 5.75 Å². The van der Waals surface area contributed by atoms with Crippen LogP contribution < -0.4 is 10.1 Å². The summed E-state index contributed by atoms with van der Waals surface area (Å²) in [6, 6.07) is 7.74. The summed E-state index contributed by atoms with van der Waals surface area (Å²) in [4.78, 5) is 14.1. The maximum absolute atomic E-state index is 12.2. The summed E-state index contributed by atoms with van der Waals surface area (Å²) in [6.07, 6.45) is 0.402. The fourth-order valence-corrected chi connectivity index (χ4v) is 2.47. The second-order valence-electron chi connectivity index (χ2n) is 5.12. The number of piperazine rings is 1. The van der Waals surface area contributed by atoms with Crippen LogP contribution in [0.5, 0.6) is 5.75 Å². The molecule has 0 aliphatic carbocycles. The summed E-state index contributed by atoms with van der Waals surface area (Å²) in [6.45, 7) is 6.20. The van der Waals surface area contributed by atoms with E-state index in [2.05, 4.69) is 19.2 Å². The van der Waals surface area contributed by atoms with Crippen LogP contribution in [0.4, 0.5) is 0 Å². The zero-order valence-corrected chi connectivity index (χ0v) is 12.7. The van der Waals surface area contributed by atoms with Crippen LogP contribution in [0.25, 0.3) is 0 Å². The third-order valence-corrected chi connectivity index (χ3v) is 4.00. The number of ether oxygens (including phenoxy) is 1. The number of benzene rings is 1. The van der Waals surface area contributed by atoms with Crippen LogP contribution in [0.2, 0.25) is 5.02 Å². The van der Waals surface area contributed by atoms with E-state index < -0.39 is 0 Å². The highest BCUT2D eigenvalue weighted by atomic mass is 35.5. The predicted molar refractivity (Wildman–Crippen MR) is 80.2 cm³/mol. The third kappa shape index (κ3) is 3.87. The predicted octanol–water partition coefficient (Wildman–Crippen LogP) is 2.32. The minimum absolute atomic E-state index is 0.153. The number of nitrogens with zero attached hydrogens (tertiary/aromatic N) is 1. The van der Waals surface area contributed by atoms with Gasteiger partial charge in [-0.1, -0.05) is 11.6 Å². The first-order valence-electron chi connectivity index (χ1n) is 6.99. The molecule has 4 nitrogen and oxygen atoms in total. The maximum Gasteiger partial charge on any atom is 0.226 e. The van der Waals surface area contributed by atoms with E-state index in [1.54, 1.807) is 12.1 Å². The molecule has 2 atom stereocenters. The quantitative estimate of drug-likeness (QED) is 0.927. The fourth-order valence-electron chi connectivity index (χ4n) is 2.34. The first-order valence-corrected chi connectivity index (χ1v) is 7.37. The van der Waals surface area contributed by atoms with Gasteiger partial charge in [-0.15, -0.1) is 0 Å². The summed E-state index contributed by atoms with van der Waals surface area (Å²) >= 11 is 5.81. The summed E-state index contributed by atoms with van der Waals surface area (Å²) in [5.41, 5.74) is 0. The molecule has 2 rings (SSSR count). The highest BCUT2D eigenvalue weighted by Gasteiger charge is 2.27. The van der Waals surface area contributed by atoms with Crippen LogP contribution in [0.15, 0.2) is 24.3 Å². The summed E-state index contributed by atoms with van der Waals surface area (Å²) in [5.74, 6) is 0.892. The lowest BCUT2D eigenvalue weighted by Gasteiger charge is -2.38. The molecule has 110 valence electrons. The van der Waals surface area contributed by atoms with Gasteiger partial charge in [0.05, 0.1) is 13.0 Å². The number of rotatable bonds is 4. The van der Waals surface area contributed by atoms with E-state index in [1.807, 2.05) is 17.0 Å². The zero-order chi connectivity index (χ0) is 14.5. The van der Waals surface area contributed by atoms with Crippen LogP contribution in [-0.2, 0) is 4.79 Å². The van der Waals surface area contributed by atoms with Gasteiger partial charge in [0.2, 0.25) is 5.91 Å². The summed E-state index contributed by atoms with van der Waals surface area (Å²) < 4.78 is 5.56. The molecular formula is C15H21ClN2O2. The standard InChI is InChI=1S/C15H21ClN2O2/c1-11-12(2)18(9-8-17-11)15(19)7-10-20-14-5-3-13(16)4-6-14/h3-6,11-12,17H,7-10H2,1-2H3. The van der Waals surface area contributed by atoms with Gasteiger partial charge in [-0.2, -0.15) is 0 Å². The Kier molecular flexibility index (Phi) is 5.26. The largest absolute Gasteiger partial charge is 0.493 e. The number of carbonyl (C=O) groups excluding carboxylic acids is 1. The molecule has 1 aromatic rings. The molecule has 0 spiro atoms. The lowest BCUT2D eigenvalue weighted by Crippen LogP contribution is -2.57. The first kappa shape index (κ1) is 15.1. The van der Waals surface area contributed by atoms with E-state index in [0.29, 0.717) is 24.1 Å². The average Bonchev–Trinajstić information content (AvgIpc) is 2.44. The molecule has 20 heavy (non-hydrogen) atoms. The molecule has 0 saturated carbocycles. The topological polar surface area (TPSA) is 41.6 Å². The number of nitrogens with one attached hydrogen (secondary N) is 1. The SMILES string of the molecule is CC1NCCN(C(=O)CCOc2ccc(Cl)cc2)C1C. The van der Waals surface area contributed by atoms with Crippen molar-refractivity contribution in [2.75, 3.05) is 19.7 Å². The lowest BCUT2D eigenvalue weighted by atomic mass is 10.1. The van der Waals surface area contributed by atoms with E-state index in [9.17, 15) is 4.79 Å². The Morgan fingerprint density at radius 2 is 2.10 bits per heavy atom. The number of hydrogen-bond donors (Lipinski definition) is 1. The summed E-state index contributed by atoms with van der Waals surface area (Å²) in [5, 5.41) is 4.04. The first-order chi connectivity index (χ1) is 9.58. The Morgan fingerprint density at radius 1 is 1.40 bits per heavy atom. The van der Waals surface area contributed by atoms with Crippen LogP contribution in [0, 0.1) is 0 Å². The van der Waals surface area contributed by atoms with Gasteiger partial charge >= 0.3 is 0 Å². The molecule has 2 unspecified atom stereocenters. The van der Waals surface area contributed by atoms with Crippen LogP contribution in [-0.4, -0.2) is 42.6 Å².